The molecule has 2 N–H and O–H groups in total. The molecule has 0 saturated heterocycles. The van der Waals surface area contributed by atoms with Gasteiger partial charge in [-0.05, 0) is 0 Å². The Morgan fingerprint density at radius 2 is 1.33 bits per heavy atom. The molecule has 0 amide bonds. The van der Waals surface area contributed by atoms with Gasteiger partial charge in [0.25, 0.3) is 0 Å². The van der Waals surface area contributed by atoms with Gasteiger partial charge in [0.2, 0.25) is 0 Å². The fourth-order valence-corrected chi connectivity index (χ4v) is 0. The molecule has 0 aromatic rings. The van der Waals surface area contributed by atoms with E-state index in [2.05, 4.69) is 0 Å². The van der Waals surface area contributed by atoms with Crippen LogP contribution in [0, 0.1) is 0 Å². The molecular weight excluding hydrogens is 150 g/mol. The Balaban J connectivity index is -0.0000000450. The quantitative estimate of drug-likeness (QED) is 0.502. The van der Waals surface area contributed by atoms with Crippen molar-refractivity contribution in [2.24, 2.45) is 0 Å². The number of carbonyl (C=O) groups is 1. The van der Waals surface area contributed by atoms with E-state index in [-0.39, 0.29) is 29.5 Å². The van der Waals surface area contributed by atoms with Gasteiger partial charge >= 0.3 is 6.16 Å². The van der Waals surface area contributed by atoms with Crippen LogP contribution < -0.4 is 0 Å². The number of hydrogen-bond acceptors (Lipinski definition) is 1. The van der Waals surface area contributed by atoms with Crippen LogP contribution in [0.4, 0.5) is 4.79 Å². The summed E-state index contributed by atoms with van der Waals surface area (Å²) in [7, 11) is 0. The van der Waals surface area contributed by atoms with E-state index in [0.29, 0.717) is 0 Å². The fourth-order valence-electron chi connectivity index (χ4n) is 0. The summed E-state index contributed by atoms with van der Waals surface area (Å²) in [5, 5.41) is 13.9. The summed E-state index contributed by atoms with van der Waals surface area (Å²) in [4.78, 5) is 8.56. The first-order valence-corrected chi connectivity index (χ1v) is 0.651. The molecule has 0 saturated carbocycles. The van der Waals surface area contributed by atoms with Crippen LogP contribution in [-0.2, 0) is 17.1 Å². The third-order valence-corrected chi connectivity index (χ3v) is 0. The maximum atomic E-state index is 8.56. The molecule has 0 fully saturated rings. The van der Waals surface area contributed by atoms with E-state index in [1.165, 1.54) is 0 Å². The maximum absolute atomic E-state index is 8.56. The molecule has 39 valence electrons. The molecule has 0 atom stereocenters. The summed E-state index contributed by atoms with van der Waals surface area (Å²) in [6, 6.07) is 0. The smallest absolute Gasteiger partial charge is 0.450 e. The molecule has 0 spiro atoms. The topological polar surface area (TPSA) is 57.5 Å². The van der Waals surface area contributed by atoms with Crippen molar-refractivity contribution >= 4 is 18.6 Å². The normalized spacial score (nSPS) is 4.00. The van der Waals surface area contributed by atoms with E-state index in [0.717, 1.165) is 0 Å². The van der Waals surface area contributed by atoms with Gasteiger partial charge in [-0.15, -0.1) is 12.4 Å². The van der Waals surface area contributed by atoms with Crippen LogP contribution in [0.5, 0.6) is 0 Å². The van der Waals surface area contributed by atoms with Crippen LogP contribution in [0.1, 0.15) is 0 Å². The van der Waals surface area contributed by atoms with Crippen LogP contribution in [0.15, 0.2) is 0 Å². The van der Waals surface area contributed by atoms with Gasteiger partial charge in [0.05, 0.1) is 0 Å². The summed E-state index contributed by atoms with van der Waals surface area (Å²) in [6.07, 6.45) is -1.83. The second-order valence-corrected chi connectivity index (χ2v) is 0.283. The Hall–Kier alpha value is 0.0795. The van der Waals surface area contributed by atoms with Crippen LogP contribution in [-0.4, -0.2) is 16.4 Å². The zero-order valence-corrected chi connectivity index (χ0v) is 4.59. The van der Waals surface area contributed by atoms with E-state index in [1.807, 2.05) is 0 Å². The van der Waals surface area contributed by atoms with Crippen molar-refractivity contribution in [3.8, 4) is 0 Å². The summed E-state index contributed by atoms with van der Waals surface area (Å²) in [6.45, 7) is 0. The Morgan fingerprint density at radius 1 is 1.33 bits per heavy atom. The van der Waals surface area contributed by atoms with Crippen LogP contribution in [0.25, 0.3) is 0 Å². The van der Waals surface area contributed by atoms with Gasteiger partial charge in [0.15, 0.2) is 0 Å². The number of halogens is 1. The molecular formula is CH3ClMnO3. The molecule has 0 heterocycles. The van der Waals surface area contributed by atoms with Gasteiger partial charge in [0, 0.05) is 17.1 Å². The summed E-state index contributed by atoms with van der Waals surface area (Å²) in [5.41, 5.74) is 0. The monoisotopic (exact) mass is 153 g/mol. The Morgan fingerprint density at radius 3 is 1.33 bits per heavy atom. The van der Waals surface area contributed by atoms with Crippen LogP contribution in [0.2, 0.25) is 0 Å². The van der Waals surface area contributed by atoms with Gasteiger partial charge in [-0.3, -0.25) is 0 Å². The Kier molecular flexibility index (Phi) is 24.6. The molecule has 0 aliphatic rings. The second kappa shape index (κ2) is 8.91. The van der Waals surface area contributed by atoms with Crippen LogP contribution >= 0.6 is 12.4 Å². The first-order chi connectivity index (χ1) is 1.73. The third kappa shape index (κ3) is 6120. The summed E-state index contributed by atoms with van der Waals surface area (Å²) in [5.74, 6) is 0. The van der Waals surface area contributed by atoms with Gasteiger partial charge in [-0.1, -0.05) is 0 Å². The van der Waals surface area contributed by atoms with Crippen LogP contribution in [0.3, 0.4) is 0 Å². The van der Waals surface area contributed by atoms with Crippen molar-refractivity contribution in [3.05, 3.63) is 0 Å². The van der Waals surface area contributed by atoms with Crippen molar-refractivity contribution in [2.45, 2.75) is 0 Å². The SMILES string of the molecule is Cl.O=C(O)O.[Mn]. The molecule has 0 rings (SSSR count). The third-order valence-electron chi connectivity index (χ3n) is 0. The molecule has 0 aromatic heterocycles. The zero-order valence-electron chi connectivity index (χ0n) is 2.59. The first-order valence-electron chi connectivity index (χ1n) is 0.651. The van der Waals surface area contributed by atoms with Gasteiger partial charge < -0.3 is 10.2 Å². The summed E-state index contributed by atoms with van der Waals surface area (Å²) >= 11 is 0. The molecule has 0 aliphatic carbocycles. The van der Waals surface area contributed by atoms with E-state index in [4.69, 9.17) is 15.0 Å². The standard InChI is InChI=1S/CH2O3.ClH.Mn/c2-1(3)4;;/h(H2,2,3,4);1H;. The van der Waals surface area contributed by atoms with E-state index < -0.39 is 6.16 Å². The van der Waals surface area contributed by atoms with E-state index in [1.54, 1.807) is 0 Å². The number of rotatable bonds is 0. The molecule has 0 aliphatic heterocycles. The van der Waals surface area contributed by atoms with Gasteiger partial charge in [0.1, 0.15) is 0 Å². The minimum atomic E-state index is -1.83. The number of carboxylic acid groups (broad SMARTS) is 2. The summed E-state index contributed by atoms with van der Waals surface area (Å²) < 4.78 is 0. The maximum Gasteiger partial charge on any atom is 0.503 e. The van der Waals surface area contributed by atoms with Crippen molar-refractivity contribution in [3.63, 3.8) is 0 Å². The molecule has 5 heteroatoms. The van der Waals surface area contributed by atoms with E-state index >= 15 is 0 Å². The Bertz CT molecular complexity index is 33.8. The van der Waals surface area contributed by atoms with Gasteiger partial charge in [-0.25, -0.2) is 4.79 Å². The molecule has 1 radical (unpaired) electrons. The fraction of sp³-hybridized carbons (Fsp3) is 0. The average Bonchev–Trinajstić information content (AvgIpc) is 0.811. The van der Waals surface area contributed by atoms with Gasteiger partial charge in [-0.2, -0.15) is 0 Å². The van der Waals surface area contributed by atoms with Crippen molar-refractivity contribution in [1.82, 2.24) is 0 Å². The molecule has 0 bridgehead atoms. The molecule has 0 aromatic carbocycles. The average molecular weight is 153 g/mol. The van der Waals surface area contributed by atoms with Crippen molar-refractivity contribution in [1.29, 1.82) is 0 Å². The second-order valence-electron chi connectivity index (χ2n) is 0.283. The van der Waals surface area contributed by atoms with Crippen molar-refractivity contribution < 1.29 is 32.1 Å². The molecule has 0 unspecified atom stereocenters. The predicted octanol–water partition coefficient (Wildman–Crippen LogP) is 0.642. The minimum absolute atomic E-state index is 0. The minimum Gasteiger partial charge on any atom is -0.450 e. The first kappa shape index (κ1) is 16.5. The Labute approximate surface area is 51.2 Å². The largest absolute Gasteiger partial charge is 0.503 e. The number of hydrogen-bond donors (Lipinski definition) is 2. The zero-order chi connectivity index (χ0) is 3.58. The molecule has 3 nitrogen and oxygen atoms in total. The van der Waals surface area contributed by atoms with E-state index in [9.17, 15) is 0 Å². The van der Waals surface area contributed by atoms with Crippen molar-refractivity contribution in [2.75, 3.05) is 0 Å². The predicted molar refractivity (Wildman–Crippen MR) is 17.9 cm³/mol. The molecule has 6 heavy (non-hydrogen) atoms.